The normalized spacial score (nSPS) is 13.5. The maximum absolute atomic E-state index is 14.3. The Labute approximate surface area is 228 Å². The largest absolute Gasteiger partial charge is 0.444 e. The molecule has 0 radical (unpaired) electrons. The second-order valence-electron chi connectivity index (χ2n) is 12.4. The zero-order valence-corrected chi connectivity index (χ0v) is 24.9. The highest BCUT2D eigenvalue weighted by Crippen LogP contribution is 2.33. The van der Waals surface area contributed by atoms with E-state index in [4.69, 9.17) is 4.74 Å². The van der Waals surface area contributed by atoms with Gasteiger partial charge in [0.1, 0.15) is 17.7 Å². The number of para-hydroxylation sites is 1. The Bertz CT molecular complexity index is 1140. The average Bonchev–Trinajstić information content (AvgIpc) is 2.73. The van der Waals surface area contributed by atoms with Gasteiger partial charge >= 0.3 is 6.09 Å². The number of hydrogen-bond acceptors (Lipinski definition) is 4. The van der Waals surface area contributed by atoms with Crippen LogP contribution in [-0.2, 0) is 14.3 Å². The van der Waals surface area contributed by atoms with Gasteiger partial charge in [0.2, 0.25) is 5.91 Å². The first-order chi connectivity index (χ1) is 17.4. The third-order valence-electron chi connectivity index (χ3n) is 6.03. The highest BCUT2D eigenvalue weighted by molar-refractivity contribution is 5.99. The van der Waals surface area contributed by atoms with Crippen molar-refractivity contribution in [2.45, 2.75) is 99.4 Å². The van der Waals surface area contributed by atoms with E-state index in [-0.39, 0.29) is 17.7 Å². The zero-order chi connectivity index (χ0) is 29.0. The van der Waals surface area contributed by atoms with E-state index in [1.807, 2.05) is 97.9 Å². The van der Waals surface area contributed by atoms with Crippen molar-refractivity contribution in [2.24, 2.45) is 5.92 Å². The Morgan fingerprint density at radius 2 is 1.42 bits per heavy atom. The van der Waals surface area contributed by atoms with Gasteiger partial charge in [0.25, 0.3) is 5.91 Å². The van der Waals surface area contributed by atoms with Gasteiger partial charge in [-0.15, -0.1) is 0 Å². The van der Waals surface area contributed by atoms with E-state index < -0.39 is 29.3 Å². The van der Waals surface area contributed by atoms with Crippen molar-refractivity contribution in [3.63, 3.8) is 0 Å². The molecule has 7 nitrogen and oxygen atoms in total. The third-order valence-corrected chi connectivity index (χ3v) is 6.03. The van der Waals surface area contributed by atoms with E-state index in [9.17, 15) is 14.4 Å². The third kappa shape index (κ3) is 8.33. The SMILES string of the molecule is Cc1cc(C)cc(C(C(=O)Nc2ccccc2C)N(C(=O)C(NC(=O)OC(C)(C)C)C(C)C)C(C)(C)C)c1. The lowest BCUT2D eigenvalue weighted by molar-refractivity contribution is -0.147. The van der Waals surface area contributed by atoms with Gasteiger partial charge in [0.05, 0.1) is 0 Å². The maximum atomic E-state index is 14.3. The van der Waals surface area contributed by atoms with Crippen LogP contribution in [0.1, 0.15) is 83.7 Å². The Kier molecular flexibility index (Phi) is 9.76. The molecular formula is C31H45N3O4. The van der Waals surface area contributed by atoms with E-state index in [0.717, 1.165) is 16.7 Å². The van der Waals surface area contributed by atoms with Crippen molar-refractivity contribution in [1.82, 2.24) is 10.2 Å². The van der Waals surface area contributed by atoms with Gasteiger partial charge in [-0.1, -0.05) is 61.4 Å². The smallest absolute Gasteiger partial charge is 0.408 e. The molecule has 2 atom stereocenters. The van der Waals surface area contributed by atoms with Crippen LogP contribution in [-0.4, -0.2) is 40.0 Å². The highest BCUT2D eigenvalue weighted by atomic mass is 16.6. The van der Waals surface area contributed by atoms with Crippen molar-refractivity contribution < 1.29 is 19.1 Å². The second-order valence-corrected chi connectivity index (χ2v) is 12.4. The molecule has 0 fully saturated rings. The summed E-state index contributed by atoms with van der Waals surface area (Å²) >= 11 is 0. The van der Waals surface area contributed by atoms with Gasteiger partial charge in [-0.25, -0.2) is 4.79 Å². The number of benzene rings is 2. The van der Waals surface area contributed by atoms with E-state index in [2.05, 4.69) is 10.6 Å². The minimum atomic E-state index is -0.942. The van der Waals surface area contributed by atoms with Gasteiger partial charge in [-0.05, 0) is 85.4 Å². The van der Waals surface area contributed by atoms with Crippen LogP contribution in [0.3, 0.4) is 0 Å². The lowest BCUT2D eigenvalue weighted by Crippen LogP contribution is -2.59. The molecule has 38 heavy (non-hydrogen) atoms. The molecule has 0 aromatic heterocycles. The van der Waals surface area contributed by atoms with Gasteiger partial charge in [0.15, 0.2) is 0 Å². The first kappa shape index (κ1) is 30.9. The fourth-order valence-electron chi connectivity index (χ4n) is 4.44. The molecule has 2 aromatic carbocycles. The predicted octanol–water partition coefficient (Wildman–Crippen LogP) is 6.47. The molecule has 7 heteroatoms. The summed E-state index contributed by atoms with van der Waals surface area (Å²) < 4.78 is 5.45. The fourth-order valence-corrected chi connectivity index (χ4v) is 4.44. The van der Waals surface area contributed by atoms with Crippen molar-refractivity contribution in [1.29, 1.82) is 0 Å². The van der Waals surface area contributed by atoms with Crippen LogP contribution in [0, 0.1) is 26.7 Å². The van der Waals surface area contributed by atoms with Gasteiger partial charge in [-0.3, -0.25) is 9.59 Å². The molecule has 0 aliphatic rings. The first-order valence-electron chi connectivity index (χ1n) is 13.2. The number of hydrogen-bond donors (Lipinski definition) is 2. The van der Waals surface area contributed by atoms with Gasteiger partial charge < -0.3 is 20.3 Å². The van der Waals surface area contributed by atoms with Crippen molar-refractivity contribution in [2.75, 3.05) is 5.32 Å². The minimum Gasteiger partial charge on any atom is -0.444 e. The molecule has 3 amide bonds. The Hall–Kier alpha value is -3.35. The van der Waals surface area contributed by atoms with E-state index in [1.165, 1.54) is 0 Å². The summed E-state index contributed by atoms with van der Waals surface area (Å²) in [5.74, 6) is -0.936. The second kappa shape index (κ2) is 12.0. The number of amides is 3. The van der Waals surface area contributed by atoms with Crippen molar-refractivity contribution in [3.05, 3.63) is 64.7 Å². The predicted molar refractivity (Wildman–Crippen MR) is 153 cm³/mol. The number of aryl methyl sites for hydroxylation is 3. The van der Waals surface area contributed by atoms with Crippen molar-refractivity contribution in [3.8, 4) is 0 Å². The number of carbonyl (C=O) groups is 3. The van der Waals surface area contributed by atoms with Crippen LogP contribution in [0.4, 0.5) is 10.5 Å². The molecule has 2 unspecified atom stereocenters. The monoisotopic (exact) mass is 523 g/mol. The first-order valence-corrected chi connectivity index (χ1v) is 13.2. The summed E-state index contributed by atoms with van der Waals surface area (Å²) in [6.45, 7) is 20.6. The zero-order valence-electron chi connectivity index (χ0n) is 24.9. The summed E-state index contributed by atoms with van der Waals surface area (Å²) in [6.07, 6.45) is -0.675. The number of ether oxygens (including phenoxy) is 1. The summed E-state index contributed by atoms with van der Waals surface area (Å²) in [4.78, 5) is 42.7. The van der Waals surface area contributed by atoms with Crippen LogP contribution in [0.5, 0.6) is 0 Å². The van der Waals surface area contributed by atoms with Crippen LogP contribution in [0.2, 0.25) is 0 Å². The number of nitrogens with zero attached hydrogens (tertiary/aromatic N) is 1. The maximum Gasteiger partial charge on any atom is 0.408 e. The topological polar surface area (TPSA) is 87.7 Å². The molecule has 2 rings (SSSR count). The molecule has 2 aromatic rings. The molecule has 0 bridgehead atoms. The summed E-state index contributed by atoms with van der Waals surface area (Å²) in [5, 5.41) is 5.82. The van der Waals surface area contributed by atoms with Crippen LogP contribution in [0.15, 0.2) is 42.5 Å². The molecule has 0 aliphatic heterocycles. The van der Waals surface area contributed by atoms with Crippen molar-refractivity contribution >= 4 is 23.6 Å². The van der Waals surface area contributed by atoms with E-state index >= 15 is 0 Å². The van der Waals surface area contributed by atoms with Gasteiger partial charge in [-0.2, -0.15) is 0 Å². The number of rotatable bonds is 7. The Morgan fingerprint density at radius 1 is 0.868 bits per heavy atom. The molecule has 208 valence electrons. The molecule has 0 aliphatic carbocycles. The Morgan fingerprint density at radius 3 is 1.89 bits per heavy atom. The average molecular weight is 524 g/mol. The fraction of sp³-hybridized carbons (Fsp3) is 0.516. The molecule has 0 saturated heterocycles. The number of alkyl carbamates (subject to hydrolysis) is 1. The number of nitrogens with one attached hydrogen (secondary N) is 2. The van der Waals surface area contributed by atoms with Crippen LogP contribution in [0.25, 0.3) is 0 Å². The molecule has 2 N–H and O–H groups in total. The Balaban J connectivity index is 2.64. The molecular weight excluding hydrogens is 478 g/mol. The quantitative estimate of drug-likeness (QED) is 0.435. The summed E-state index contributed by atoms with van der Waals surface area (Å²) in [6, 6.07) is 11.6. The lowest BCUT2D eigenvalue weighted by Gasteiger charge is -2.43. The number of anilines is 1. The van der Waals surface area contributed by atoms with Gasteiger partial charge in [0, 0.05) is 11.2 Å². The van der Waals surface area contributed by atoms with Crippen LogP contribution < -0.4 is 10.6 Å². The molecule has 0 spiro atoms. The summed E-state index contributed by atoms with van der Waals surface area (Å²) in [7, 11) is 0. The lowest BCUT2D eigenvalue weighted by atomic mass is 9.91. The highest BCUT2D eigenvalue weighted by Gasteiger charge is 2.43. The standard InChI is InChI=1S/C31H45N3O4/c1-19(2)25(33-29(37)38-31(9,10)11)28(36)34(30(6,7)8)26(23-17-20(3)16-21(4)18-23)27(35)32-24-15-13-12-14-22(24)5/h12-19,25-26H,1-11H3,(H,32,35)(H,33,37). The van der Waals surface area contributed by atoms with E-state index in [0.29, 0.717) is 11.3 Å². The molecule has 0 heterocycles. The summed E-state index contributed by atoms with van der Waals surface area (Å²) in [5.41, 5.74) is 2.81. The number of carbonyl (C=O) groups excluding carboxylic acids is 3. The molecule has 0 saturated carbocycles. The minimum absolute atomic E-state index is 0.251. The van der Waals surface area contributed by atoms with E-state index in [1.54, 1.807) is 25.7 Å². The van der Waals surface area contributed by atoms with Crippen LogP contribution >= 0.6 is 0 Å².